The first-order chi connectivity index (χ1) is 8.85. The quantitative estimate of drug-likeness (QED) is 0.294. The molecule has 0 aromatic heterocycles. The van der Waals surface area contributed by atoms with Gasteiger partial charge in [-0.1, -0.05) is 104 Å². The lowest BCUT2D eigenvalue weighted by atomic mass is 9.95. The van der Waals surface area contributed by atoms with Crippen molar-refractivity contribution in [1.82, 2.24) is 0 Å². The van der Waals surface area contributed by atoms with Crippen LogP contribution in [0.15, 0.2) is 0 Å². The maximum absolute atomic E-state index is 2.39. The van der Waals surface area contributed by atoms with E-state index >= 15 is 0 Å². The van der Waals surface area contributed by atoms with E-state index in [1.165, 1.54) is 83.5 Å². The highest BCUT2D eigenvalue weighted by molar-refractivity contribution is 4.69. The summed E-state index contributed by atoms with van der Waals surface area (Å²) in [7, 11) is 0. The molecule has 0 heteroatoms. The molecule has 0 saturated carbocycles. The molecule has 0 spiro atoms. The molecule has 0 fully saturated rings. The Kier molecular flexibility index (Phi) is 15.1. The summed E-state index contributed by atoms with van der Waals surface area (Å²) in [5.74, 6) is 0.878. The molecular formula is C18H37. The summed E-state index contributed by atoms with van der Waals surface area (Å²) in [6.07, 6.45) is 21.1. The minimum absolute atomic E-state index is 0.878. The van der Waals surface area contributed by atoms with Gasteiger partial charge in [-0.25, -0.2) is 0 Å². The highest BCUT2D eigenvalue weighted by atomic mass is 14.1. The van der Waals surface area contributed by atoms with Crippen molar-refractivity contribution in [2.75, 3.05) is 0 Å². The average Bonchev–Trinajstić information content (AvgIpc) is 2.40. The van der Waals surface area contributed by atoms with Gasteiger partial charge in [-0.3, -0.25) is 0 Å². The predicted molar refractivity (Wildman–Crippen MR) is 84.8 cm³/mol. The summed E-state index contributed by atoms with van der Waals surface area (Å²) in [5, 5.41) is 0. The molecule has 1 unspecified atom stereocenters. The fraction of sp³-hybridized carbons (Fsp3) is 0.944. The molecule has 1 radical (unpaired) electrons. The zero-order valence-corrected chi connectivity index (χ0v) is 13.3. The molecule has 0 aliphatic carbocycles. The second kappa shape index (κ2) is 15.1. The van der Waals surface area contributed by atoms with Crippen LogP contribution in [0.3, 0.4) is 0 Å². The van der Waals surface area contributed by atoms with E-state index < -0.39 is 0 Å². The van der Waals surface area contributed by atoms with E-state index in [1.807, 2.05) is 0 Å². The molecule has 1 atom stereocenters. The first kappa shape index (κ1) is 18.0. The van der Waals surface area contributed by atoms with Gasteiger partial charge in [-0.2, -0.15) is 0 Å². The number of hydrogen-bond donors (Lipinski definition) is 0. The lowest BCUT2D eigenvalue weighted by Gasteiger charge is -2.10. The average molecular weight is 253 g/mol. The summed E-state index contributed by atoms with van der Waals surface area (Å²) < 4.78 is 0. The molecule has 0 aliphatic rings. The van der Waals surface area contributed by atoms with Crippen molar-refractivity contribution >= 4 is 0 Å². The smallest absolute Gasteiger partial charge is 0.0386 e. The van der Waals surface area contributed by atoms with Crippen molar-refractivity contribution in [3.8, 4) is 0 Å². The molecule has 0 rings (SSSR count). The third-order valence-corrected chi connectivity index (χ3v) is 4.17. The SMILES string of the molecule is C[CH]C(CC)CCCCCCCCCCCCC. The molecule has 0 N–H and O–H groups in total. The van der Waals surface area contributed by atoms with Crippen LogP contribution in [0.4, 0.5) is 0 Å². The molecule has 0 aromatic carbocycles. The van der Waals surface area contributed by atoms with E-state index in [0.717, 1.165) is 5.92 Å². The van der Waals surface area contributed by atoms with Crippen molar-refractivity contribution in [3.05, 3.63) is 6.42 Å². The van der Waals surface area contributed by atoms with Gasteiger partial charge in [0, 0.05) is 0 Å². The molecule has 0 saturated heterocycles. The zero-order valence-electron chi connectivity index (χ0n) is 13.3. The molecule has 18 heavy (non-hydrogen) atoms. The van der Waals surface area contributed by atoms with E-state index in [-0.39, 0.29) is 0 Å². The fourth-order valence-electron chi connectivity index (χ4n) is 2.68. The molecular weight excluding hydrogens is 216 g/mol. The van der Waals surface area contributed by atoms with Crippen LogP contribution in [0.2, 0.25) is 0 Å². The van der Waals surface area contributed by atoms with E-state index in [2.05, 4.69) is 27.2 Å². The lowest BCUT2D eigenvalue weighted by Crippen LogP contribution is -1.96. The van der Waals surface area contributed by atoms with Gasteiger partial charge in [0.15, 0.2) is 0 Å². The van der Waals surface area contributed by atoms with Gasteiger partial charge in [0.05, 0.1) is 0 Å². The number of unbranched alkanes of at least 4 members (excludes halogenated alkanes) is 10. The minimum atomic E-state index is 0.878. The van der Waals surface area contributed by atoms with Gasteiger partial charge < -0.3 is 0 Å². The third kappa shape index (κ3) is 12.5. The van der Waals surface area contributed by atoms with Crippen LogP contribution >= 0.6 is 0 Å². The van der Waals surface area contributed by atoms with Crippen LogP contribution in [0, 0.1) is 12.3 Å². The Labute approximate surface area is 117 Å². The van der Waals surface area contributed by atoms with Crippen molar-refractivity contribution in [2.24, 2.45) is 5.92 Å². The van der Waals surface area contributed by atoms with Crippen molar-refractivity contribution in [1.29, 1.82) is 0 Å². The van der Waals surface area contributed by atoms with E-state index in [4.69, 9.17) is 0 Å². The van der Waals surface area contributed by atoms with Crippen LogP contribution < -0.4 is 0 Å². The molecule has 0 heterocycles. The normalized spacial score (nSPS) is 11.3. The largest absolute Gasteiger partial charge is 0.0654 e. The predicted octanol–water partition coefficient (Wildman–Crippen LogP) is 6.94. The van der Waals surface area contributed by atoms with Gasteiger partial charge in [-0.15, -0.1) is 0 Å². The molecule has 0 amide bonds. The third-order valence-electron chi connectivity index (χ3n) is 4.17. The Balaban J connectivity index is 3.03. The highest BCUT2D eigenvalue weighted by Crippen LogP contribution is 2.17. The fourth-order valence-corrected chi connectivity index (χ4v) is 2.68. The topological polar surface area (TPSA) is 0 Å². The Morgan fingerprint density at radius 3 is 1.50 bits per heavy atom. The molecule has 0 aliphatic heterocycles. The number of hydrogen-bond acceptors (Lipinski definition) is 0. The van der Waals surface area contributed by atoms with Crippen molar-refractivity contribution in [3.63, 3.8) is 0 Å². The monoisotopic (exact) mass is 253 g/mol. The maximum atomic E-state index is 2.39. The van der Waals surface area contributed by atoms with Crippen LogP contribution in [0.25, 0.3) is 0 Å². The minimum Gasteiger partial charge on any atom is -0.0654 e. The zero-order chi connectivity index (χ0) is 13.5. The van der Waals surface area contributed by atoms with Crippen LogP contribution in [-0.4, -0.2) is 0 Å². The maximum Gasteiger partial charge on any atom is -0.0386 e. The second-order valence-corrected chi connectivity index (χ2v) is 5.83. The Morgan fingerprint density at radius 2 is 1.11 bits per heavy atom. The van der Waals surface area contributed by atoms with Crippen LogP contribution in [-0.2, 0) is 0 Å². The summed E-state index contributed by atoms with van der Waals surface area (Å²) >= 11 is 0. The number of rotatable bonds is 14. The van der Waals surface area contributed by atoms with Gasteiger partial charge in [-0.05, 0) is 12.3 Å². The van der Waals surface area contributed by atoms with E-state index in [1.54, 1.807) is 0 Å². The van der Waals surface area contributed by atoms with Crippen molar-refractivity contribution in [2.45, 2.75) is 104 Å². The molecule has 0 nitrogen and oxygen atoms in total. The summed E-state index contributed by atoms with van der Waals surface area (Å²) in [5.41, 5.74) is 0. The molecule has 109 valence electrons. The van der Waals surface area contributed by atoms with Crippen LogP contribution in [0.5, 0.6) is 0 Å². The Bertz CT molecular complexity index is 135. The summed E-state index contributed by atoms with van der Waals surface area (Å²) in [6, 6.07) is 0. The molecule has 0 bridgehead atoms. The summed E-state index contributed by atoms with van der Waals surface area (Å²) in [4.78, 5) is 0. The van der Waals surface area contributed by atoms with Crippen molar-refractivity contribution < 1.29 is 0 Å². The molecule has 0 aromatic rings. The van der Waals surface area contributed by atoms with Gasteiger partial charge in [0.1, 0.15) is 0 Å². The van der Waals surface area contributed by atoms with Gasteiger partial charge >= 0.3 is 0 Å². The highest BCUT2D eigenvalue weighted by Gasteiger charge is 2.02. The summed E-state index contributed by atoms with van der Waals surface area (Å²) in [6.45, 7) is 6.81. The first-order valence-electron chi connectivity index (χ1n) is 8.64. The Hall–Kier alpha value is 0. The second-order valence-electron chi connectivity index (χ2n) is 5.83. The van der Waals surface area contributed by atoms with Gasteiger partial charge in [0.2, 0.25) is 0 Å². The van der Waals surface area contributed by atoms with Gasteiger partial charge in [0.25, 0.3) is 0 Å². The van der Waals surface area contributed by atoms with E-state index in [0.29, 0.717) is 0 Å². The lowest BCUT2D eigenvalue weighted by molar-refractivity contribution is 0.482. The first-order valence-corrected chi connectivity index (χ1v) is 8.64. The Morgan fingerprint density at radius 1 is 0.667 bits per heavy atom. The van der Waals surface area contributed by atoms with Crippen LogP contribution in [0.1, 0.15) is 104 Å². The standard InChI is InChI=1S/C18H37/c1-4-7-8-9-10-11-12-13-14-15-16-17-18(5-2)6-3/h5,18H,4,6-17H2,1-3H3. The van der Waals surface area contributed by atoms with E-state index in [9.17, 15) is 0 Å².